The van der Waals surface area contributed by atoms with Gasteiger partial charge < -0.3 is 9.73 Å². The standard InChI is InChI=1S/C11H10N4O/c1-12-10-11-14-6-9(8-2-5-16-7-8)15(11)4-3-13-10/h2-7H,1H3,(H,12,13). The fourth-order valence-corrected chi connectivity index (χ4v) is 1.72. The van der Waals surface area contributed by atoms with Crippen molar-refractivity contribution in [2.45, 2.75) is 0 Å². The second kappa shape index (κ2) is 3.37. The molecule has 0 aliphatic rings. The number of fused-ring (bicyclic) bond motifs is 1. The first-order chi connectivity index (χ1) is 7.90. The molecule has 3 rings (SSSR count). The first-order valence-electron chi connectivity index (χ1n) is 4.92. The third-order valence-electron chi connectivity index (χ3n) is 2.48. The van der Waals surface area contributed by atoms with Crippen molar-refractivity contribution < 1.29 is 4.42 Å². The molecule has 0 bridgehead atoms. The summed E-state index contributed by atoms with van der Waals surface area (Å²) in [4.78, 5) is 8.54. The van der Waals surface area contributed by atoms with Crippen LogP contribution in [0.25, 0.3) is 16.9 Å². The molecular formula is C11H10N4O. The molecule has 5 nitrogen and oxygen atoms in total. The van der Waals surface area contributed by atoms with Gasteiger partial charge in [-0.3, -0.25) is 4.40 Å². The van der Waals surface area contributed by atoms with Gasteiger partial charge in [0, 0.05) is 25.0 Å². The van der Waals surface area contributed by atoms with Gasteiger partial charge in [-0.25, -0.2) is 9.97 Å². The number of rotatable bonds is 2. The number of anilines is 1. The zero-order valence-electron chi connectivity index (χ0n) is 8.71. The molecule has 0 aliphatic heterocycles. The average molecular weight is 214 g/mol. The van der Waals surface area contributed by atoms with Crippen molar-refractivity contribution in [2.75, 3.05) is 12.4 Å². The second-order valence-electron chi connectivity index (χ2n) is 3.37. The zero-order valence-corrected chi connectivity index (χ0v) is 8.71. The van der Waals surface area contributed by atoms with Crippen molar-refractivity contribution in [1.82, 2.24) is 14.4 Å². The molecule has 0 saturated carbocycles. The molecule has 80 valence electrons. The van der Waals surface area contributed by atoms with Gasteiger partial charge in [0.2, 0.25) is 0 Å². The van der Waals surface area contributed by atoms with Crippen LogP contribution in [0.5, 0.6) is 0 Å². The third-order valence-corrected chi connectivity index (χ3v) is 2.48. The number of hydrogen-bond donors (Lipinski definition) is 1. The van der Waals surface area contributed by atoms with Crippen LogP contribution in [0.4, 0.5) is 5.82 Å². The molecule has 0 fully saturated rings. The smallest absolute Gasteiger partial charge is 0.180 e. The summed E-state index contributed by atoms with van der Waals surface area (Å²) in [6.07, 6.45) is 8.77. The molecule has 0 spiro atoms. The van der Waals surface area contributed by atoms with Crippen molar-refractivity contribution in [3.8, 4) is 11.3 Å². The summed E-state index contributed by atoms with van der Waals surface area (Å²) in [5.74, 6) is 0.761. The minimum atomic E-state index is 0.761. The Hall–Kier alpha value is -2.30. The van der Waals surface area contributed by atoms with Gasteiger partial charge in [0.25, 0.3) is 0 Å². The van der Waals surface area contributed by atoms with Crippen LogP contribution in [0.15, 0.2) is 41.6 Å². The van der Waals surface area contributed by atoms with Gasteiger partial charge in [0.05, 0.1) is 24.4 Å². The molecular weight excluding hydrogens is 204 g/mol. The van der Waals surface area contributed by atoms with E-state index in [1.165, 1.54) is 0 Å². The van der Waals surface area contributed by atoms with E-state index in [1.54, 1.807) is 18.7 Å². The Morgan fingerprint density at radius 3 is 3.06 bits per heavy atom. The lowest BCUT2D eigenvalue weighted by Gasteiger charge is -2.02. The zero-order chi connectivity index (χ0) is 11.0. The minimum absolute atomic E-state index is 0.761. The predicted octanol–water partition coefficient (Wildman–Crippen LogP) is 2.03. The lowest BCUT2D eigenvalue weighted by Crippen LogP contribution is -1.97. The first-order valence-corrected chi connectivity index (χ1v) is 4.92. The van der Waals surface area contributed by atoms with E-state index in [0.717, 1.165) is 22.7 Å². The summed E-state index contributed by atoms with van der Waals surface area (Å²) in [6.45, 7) is 0. The molecule has 0 amide bonds. The summed E-state index contributed by atoms with van der Waals surface area (Å²) >= 11 is 0. The Labute approximate surface area is 91.8 Å². The Morgan fingerprint density at radius 1 is 1.38 bits per heavy atom. The maximum atomic E-state index is 5.07. The summed E-state index contributed by atoms with van der Waals surface area (Å²) < 4.78 is 7.05. The topological polar surface area (TPSA) is 55.4 Å². The van der Waals surface area contributed by atoms with Crippen LogP contribution in [-0.4, -0.2) is 21.4 Å². The lowest BCUT2D eigenvalue weighted by atomic mass is 10.3. The number of furan rings is 1. The molecule has 1 N–H and O–H groups in total. The number of aromatic nitrogens is 3. The highest BCUT2D eigenvalue weighted by Crippen LogP contribution is 2.23. The van der Waals surface area contributed by atoms with E-state index in [4.69, 9.17) is 4.42 Å². The van der Waals surface area contributed by atoms with Crippen molar-refractivity contribution >= 4 is 11.5 Å². The molecule has 0 unspecified atom stereocenters. The normalized spacial score (nSPS) is 10.8. The van der Waals surface area contributed by atoms with Gasteiger partial charge >= 0.3 is 0 Å². The van der Waals surface area contributed by atoms with Gasteiger partial charge in [0.1, 0.15) is 0 Å². The Morgan fingerprint density at radius 2 is 2.31 bits per heavy atom. The summed E-state index contributed by atoms with van der Waals surface area (Å²) in [7, 11) is 1.83. The van der Waals surface area contributed by atoms with E-state index < -0.39 is 0 Å². The molecule has 0 aliphatic carbocycles. The van der Waals surface area contributed by atoms with Crippen molar-refractivity contribution in [3.05, 3.63) is 37.2 Å². The summed E-state index contributed by atoms with van der Waals surface area (Å²) in [5.41, 5.74) is 2.80. The molecule has 0 aromatic carbocycles. The second-order valence-corrected chi connectivity index (χ2v) is 3.37. The van der Waals surface area contributed by atoms with E-state index in [9.17, 15) is 0 Å². The van der Waals surface area contributed by atoms with Crippen molar-refractivity contribution in [2.24, 2.45) is 0 Å². The van der Waals surface area contributed by atoms with Crippen molar-refractivity contribution in [3.63, 3.8) is 0 Å². The van der Waals surface area contributed by atoms with Gasteiger partial charge in [-0.15, -0.1) is 0 Å². The van der Waals surface area contributed by atoms with Crippen LogP contribution in [-0.2, 0) is 0 Å². The minimum Gasteiger partial charge on any atom is -0.472 e. The summed E-state index contributed by atoms with van der Waals surface area (Å²) in [5, 5.41) is 3.01. The Bertz CT molecular complexity index is 612. The van der Waals surface area contributed by atoms with E-state index >= 15 is 0 Å². The van der Waals surface area contributed by atoms with Crippen LogP contribution in [0.3, 0.4) is 0 Å². The van der Waals surface area contributed by atoms with E-state index in [0.29, 0.717) is 0 Å². The number of imidazole rings is 1. The highest BCUT2D eigenvalue weighted by atomic mass is 16.3. The van der Waals surface area contributed by atoms with Gasteiger partial charge in [-0.1, -0.05) is 0 Å². The molecule has 0 radical (unpaired) electrons. The molecule has 0 saturated heterocycles. The maximum absolute atomic E-state index is 5.07. The number of nitrogens with one attached hydrogen (secondary N) is 1. The van der Waals surface area contributed by atoms with Gasteiger partial charge in [-0.2, -0.15) is 0 Å². The van der Waals surface area contributed by atoms with Crippen LogP contribution in [0, 0.1) is 0 Å². The Balaban J connectivity index is 2.29. The van der Waals surface area contributed by atoms with Crippen LogP contribution in [0.2, 0.25) is 0 Å². The SMILES string of the molecule is CNc1nccn2c(-c3ccoc3)cnc12. The third kappa shape index (κ3) is 1.18. The van der Waals surface area contributed by atoms with Crippen LogP contribution in [0.1, 0.15) is 0 Å². The first kappa shape index (κ1) is 8.96. The van der Waals surface area contributed by atoms with E-state index in [2.05, 4.69) is 15.3 Å². The monoisotopic (exact) mass is 214 g/mol. The Kier molecular flexibility index (Phi) is 1.89. The number of hydrogen-bond acceptors (Lipinski definition) is 4. The van der Waals surface area contributed by atoms with Gasteiger partial charge in [0.15, 0.2) is 11.5 Å². The molecule has 16 heavy (non-hydrogen) atoms. The fraction of sp³-hybridized carbons (Fsp3) is 0.0909. The maximum Gasteiger partial charge on any atom is 0.180 e. The molecule has 3 heterocycles. The molecule has 5 heteroatoms. The van der Waals surface area contributed by atoms with Crippen molar-refractivity contribution in [1.29, 1.82) is 0 Å². The van der Waals surface area contributed by atoms with E-state index in [1.807, 2.05) is 29.9 Å². The molecule has 3 aromatic heterocycles. The largest absolute Gasteiger partial charge is 0.472 e. The van der Waals surface area contributed by atoms with Crippen LogP contribution >= 0.6 is 0 Å². The summed E-state index contributed by atoms with van der Waals surface area (Å²) in [6, 6.07) is 1.91. The molecule has 0 atom stereocenters. The quantitative estimate of drug-likeness (QED) is 0.709. The average Bonchev–Trinajstić information content (AvgIpc) is 2.96. The highest BCUT2D eigenvalue weighted by Gasteiger charge is 2.09. The lowest BCUT2D eigenvalue weighted by molar-refractivity contribution is 0.568. The number of nitrogens with zero attached hydrogens (tertiary/aromatic N) is 3. The molecule has 3 aromatic rings. The highest BCUT2D eigenvalue weighted by molar-refractivity contribution is 5.69. The predicted molar refractivity (Wildman–Crippen MR) is 60.2 cm³/mol. The van der Waals surface area contributed by atoms with Gasteiger partial charge in [-0.05, 0) is 6.07 Å². The van der Waals surface area contributed by atoms with E-state index in [-0.39, 0.29) is 0 Å². The van der Waals surface area contributed by atoms with Crippen LogP contribution < -0.4 is 5.32 Å². The fourth-order valence-electron chi connectivity index (χ4n) is 1.72.